The lowest BCUT2D eigenvalue weighted by molar-refractivity contribution is -0.385. The number of anilines is 1. The first-order chi connectivity index (χ1) is 16.3. The highest BCUT2D eigenvalue weighted by atomic mass is 127. The monoisotopic (exact) mass is 570 g/mol. The molecule has 3 aromatic carbocycles. The number of nitro groups is 2. The molecule has 34 heavy (non-hydrogen) atoms. The smallest absolute Gasteiger partial charge is 0.271 e. The molecule has 0 unspecified atom stereocenters. The molecule has 0 bridgehead atoms. The average Bonchev–Trinajstić information content (AvgIpc) is 2.82. The van der Waals surface area contributed by atoms with Gasteiger partial charge in [0.1, 0.15) is 24.0 Å². The third-order valence-corrected chi connectivity index (χ3v) is 5.31. The Balaban J connectivity index is 1.71. The summed E-state index contributed by atoms with van der Waals surface area (Å²) >= 11 is 2.04. The van der Waals surface area contributed by atoms with E-state index in [0.29, 0.717) is 20.4 Å². The van der Waals surface area contributed by atoms with Gasteiger partial charge in [-0.2, -0.15) is 5.26 Å². The standard InChI is InChI=1S/C23H15IN4O6/c24-21-11-15(7-8-22(21)34-14-16-3-1-5-19(10-16)27(30)31)9-17(13-25)23(29)26-18-4-2-6-20(12-18)28(32)33/h1-12H,14H2,(H,26,29)/b17-9+. The van der Waals surface area contributed by atoms with Gasteiger partial charge in [-0.1, -0.05) is 24.3 Å². The van der Waals surface area contributed by atoms with Gasteiger partial charge in [-0.05, 0) is 58.0 Å². The second-order valence-electron chi connectivity index (χ2n) is 6.84. The van der Waals surface area contributed by atoms with Crippen molar-refractivity contribution in [2.75, 3.05) is 5.32 Å². The van der Waals surface area contributed by atoms with E-state index in [1.807, 2.05) is 28.7 Å². The van der Waals surface area contributed by atoms with Crippen LogP contribution in [0.25, 0.3) is 6.08 Å². The van der Waals surface area contributed by atoms with Crippen LogP contribution in [0.15, 0.2) is 72.3 Å². The molecule has 0 saturated carbocycles. The maximum atomic E-state index is 12.5. The van der Waals surface area contributed by atoms with E-state index >= 15 is 0 Å². The first kappa shape index (κ1) is 24.3. The number of nitrogens with one attached hydrogen (secondary N) is 1. The van der Waals surface area contributed by atoms with Crippen LogP contribution in [0.2, 0.25) is 0 Å². The van der Waals surface area contributed by atoms with Crippen LogP contribution in [0, 0.1) is 35.1 Å². The van der Waals surface area contributed by atoms with Crippen LogP contribution in [-0.2, 0) is 11.4 Å². The number of benzene rings is 3. The topological polar surface area (TPSA) is 148 Å². The molecule has 0 fully saturated rings. The molecule has 0 atom stereocenters. The summed E-state index contributed by atoms with van der Waals surface area (Å²) in [5.74, 6) is -0.173. The van der Waals surface area contributed by atoms with Gasteiger partial charge in [0.2, 0.25) is 0 Å². The van der Waals surface area contributed by atoms with Crippen molar-refractivity contribution in [3.63, 3.8) is 0 Å². The predicted octanol–water partition coefficient (Wildman–Crippen LogP) is 5.23. The molecule has 0 radical (unpaired) electrons. The fourth-order valence-electron chi connectivity index (χ4n) is 2.86. The average molecular weight is 570 g/mol. The SMILES string of the molecule is N#C/C(=C\c1ccc(OCc2cccc([N+](=O)[O-])c2)c(I)c1)C(=O)Nc1cccc([N+](=O)[O-])c1. The molecule has 0 spiro atoms. The molecule has 11 heteroatoms. The van der Waals surface area contributed by atoms with Crippen LogP contribution in [0.5, 0.6) is 5.75 Å². The molecule has 1 N–H and O–H groups in total. The summed E-state index contributed by atoms with van der Waals surface area (Å²) in [6.07, 6.45) is 1.39. The Bertz CT molecular complexity index is 1350. The van der Waals surface area contributed by atoms with Crippen LogP contribution in [0.3, 0.4) is 0 Å². The number of carbonyl (C=O) groups excluding carboxylic acids is 1. The number of nitrogens with zero attached hydrogens (tertiary/aromatic N) is 3. The first-order valence-electron chi connectivity index (χ1n) is 9.60. The Kier molecular flexibility index (Phi) is 7.88. The molecule has 0 heterocycles. The summed E-state index contributed by atoms with van der Waals surface area (Å²) in [6.45, 7) is 0.127. The van der Waals surface area contributed by atoms with Gasteiger partial charge in [0.25, 0.3) is 17.3 Å². The highest BCUT2D eigenvalue weighted by Crippen LogP contribution is 2.25. The molecule has 170 valence electrons. The summed E-state index contributed by atoms with van der Waals surface area (Å²) in [7, 11) is 0. The van der Waals surface area contributed by atoms with E-state index in [1.54, 1.807) is 30.3 Å². The number of rotatable bonds is 8. The number of nitro benzene ring substituents is 2. The van der Waals surface area contributed by atoms with Gasteiger partial charge in [0.15, 0.2) is 0 Å². The van der Waals surface area contributed by atoms with Crippen LogP contribution in [0.1, 0.15) is 11.1 Å². The summed E-state index contributed by atoms with van der Waals surface area (Å²) in [5, 5.41) is 33.7. The quantitative estimate of drug-likeness (QED) is 0.128. The summed E-state index contributed by atoms with van der Waals surface area (Å²) < 4.78 is 6.45. The van der Waals surface area contributed by atoms with Gasteiger partial charge in [-0.15, -0.1) is 0 Å². The second-order valence-corrected chi connectivity index (χ2v) is 8.00. The lowest BCUT2D eigenvalue weighted by Crippen LogP contribution is -2.13. The number of nitriles is 1. The Labute approximate surface area is 206 Å². The van der Waals surface area contributed by atoms with Gasteiger partial charge >= 0.3 is 0 Å². The van der Waals surface area contributed by atoms with Gasteiger partial charge in [0.05, 0.1) is 13.4 Å². The highest BCUT2D eigenvalue weighted by Gasteiger charge is 2.13. The van der Waals surface area contributed by atoms with Gasteiger partial charge in [-0.25, -0.2) is 0 Å². The third-order valence-electron chi connectivity index (χ3n) is 4.46. The fourth-order valence-corrected chi connectivity index (χ4v) is 3.55. The van der Waals surface area contributed by atoms with Crippen molar-refractivity contribution in [1.29, 1.82) is 5.26 Å². The van der Waals surface area contributed by atoms with Crippen LogP contribution in [-0.4, -0.2) is 15.8 Å². The summed E-state index contributed by atoms with van der Waals surface area (Å²) in [4.78, 5) is 33.2. The van der Waals surface area contributed by atoms with Crippen molar-refractivity contribution >= 4 is 51.6 Å². The van der Waals surface area contributed by atoms with Crippen LogP contribution >= 0.6 is 22.6 Å². The van der Waals surface area contributed by atoms with Gasteiger partial charge < -0.3 is 10.1 Å². The number of non-ortho nitro benzene ring substituents is 2. The van der Waals surface area contributed by atoms with Crippen molar-refractivity contribution in [2.45, 2.75) is 6.61 Å². The molecule has 0 aliphatic heterocycles. The molecule has 3 aromatic rings. The number of ether oxygens (including phenoxy) is 1. The zero-order valence-corrected chi connectivity index (χ0v) is 19.5. The third kappa shape index (κ3) is 6.36. The van der Waals surface area contributed by atoms with E-state index < -0.39 is 15.8 Å². The minimum atomic E-state index is -0.705. The first-order valence-corrected chi connectivity index (χ1v) is 10.7. The molecule has 0 aliphatic rings. The van der Waals surface area contributed by atoms with Crippen molar-refractivity contribution < 1.29 is 19.4 Å². The van der Waals surface area contributed by atoms with Gasteiger partial charge in [-0.3, -0.25) is 25.0 Å². The largest absolute Gasteiger partial charge is 0.488 e. The van der Waals surface area contributed by atoms with Crippen molar-refractivity contribution in [1.82, 2.24) is 0 Å². The molecule has 0 aromatic heterocycles. The van der Waals surface area contributed by atoms with E-state index in [1.165, 1.54) is 42.5 Å². The predicted molar refractivity (Wildman–Crippen MR) is 132 cm³/mol. The normalized spacial score (nSPS) is 10.8. The number of halogens is 1. The number of hydrogen-bond acceptors (Lipinski definition) is 7. The lowest BCUT2D eigenvalue weighted by Gasteiger charge is -2.09. The van der Waals surface area contributed by atoms with Gasteiger partial charge in [0, 0.05) is 30.0 Å². The zero-order valence-electron chi connectivity index (χ0n) is 17.3. The number of carbonyl (C=O) groups is 1. The van der Waals surface area contributed by atoms with E-state index in [4.69, 9.17) is 4.74 Å². The molecule has 0 aliphatic carbocycles. The maximum absolute atomic E-state index is 12.5. The fraction of sp³-hybridized carbons (Fsp3) is 0.0435. The van der Waals surface area contributed by atoms with Crippen LogP contribution in [0.4, 0.5) is 17.1 Å². The number of hydrogen-bond donors (Lipinski definition) is 1. The van der Waals surface area contributed by atoms with Crippen molar-refractivity contribution in [3.8, 4) is 11.8 Å². The molecule has 1 amide bonds. The molecule has 3 rings (SSSR count). The van der Waals surface area contributed by atoms with Crippen molar-refractivity contribution in [2.24, 2.45) is 0 Å². The Morgan fingerprint density at radius 2 is 1.71 bits per heavy atom. The van der Waals surface area contributed by atoms with E-state index in [2.05, 4.69) is 5.32 Å². The molecule has 10 nitrogen and oxygen atoms in total. The summed E-state index contributed by atoms with van der Waals surface area (Å²) in [6, 6.07) is 18.4. The minimum absolute atomic E-state index is 0.0244. The van der Waals surface area contributed by atoms with Crippen LogP contribution < -0.4 is 10.1 Å². The highest BCUT2D eigenvalue weighted by molar-refractivity contribution is 14.1. The second kappa shape index (κ2) is 11.0. The Morgan fingerprint density at radius 3 is 2.35 bits per heavy atom. The van der Waals surface area contributed by atoms with E-state index in [9.17, 15) is 30.3 Å². The van der Waals surface area contributed by atoms with E-state index in [0.717, 1.165) is 0 Å². The Morgan fingerprint density at radius 1 is 1.03 bits per heavy atom. The summed E-state index contributed by atoms with van der Waals surface area (Å²) in [5.41, 5.74) is 1.00. The van der Waals surface area contributed by atoms with E-state index in [-0.39, 0.29) is 29.2 Å². The molecular weight excluding hydrogens is 555 g/mol. The lowest BCUT2D eigenvalue weighted by atomic mass is 10.1. The zero-order chi connectivity index (χ0) is 24.7. The van der Waals surface area contributed by atoms with Crippen molar-refractivity contribution in [3.05, 3.63) is 107 Å². The minimum Gasteiger partial charge on any atom is -0.488 e. The number of amides is 1. The Hall–Kier alpha value is -4.31. The molecular formula is C23H15IN4O6. The molecule has 0 saturated heterocycles. The maximum Gasteiger partial charge on any atom is 0.271 e.